The quantitative estimate of drug-likeness (QED) is 0.642. The van der Waals surface area contributed by atoms with Crippen LogP contribution in [0.5, 0.6) is 0 Å². The first-order valence-electron chi connectivity index (χ1n) is 13.0. The number of nitrogens with one attached hydrogen (secondary N) is 1. The summed E-state index contributed by atoms with van der Waals surface area (Å²) in [5.41, 5.74) is 6.18. The molecule has 1 aliphatic carbocycles. The van der Waals surface area contributed by atoms with E-state index in [0.717, 1.165) is 38.9 Å². The summed E-state index contributed by atoms with van der Waals surface area (Å²) in [6, 6.07) is 18.5. The van der Waals surface area contributed by atoms with Gasteiger partial charge in [-0.1, -0.05) is 42.5 Å². The van der Waals surface area contributed by atoms with Gasteiger partial charge in [-0.2, -0.15) is 0 Å². The molecule has 1 saturated carbocycles. The highest BCUT2D eigenvalue weighted by Gasteiger charge is 2.33. The molecule has 0 spiro atoms. The molecule has 0 saturated heterocycles. The van der Waals surface area contributed by atoms with E-state index in [2.05, 4.69) is 94.9 Å². The number of hydrogen-bond donors (Lipinski definition) is 1. The summed E-state index contributed by atoms with van der Waals surface area (Å²) in [4.78, 5) is 23.4. The lowest BCUT2D eigenvalue weighted by atomic mass is 9.90. The van der Waals surface area contributed by atoms with E-state index in [9.17, 15) is 4.79 Å². The van der Waals surface area contributed by atoms with E-state index in [1.54, 1.807) is 6.92 Å². The Morgan fingerprint density at radius 3 is 2.56 bits per heavy atom. The number of anilines is 1. The minimum absolute atomic E-state index is 0.000291. The zero-order valence-electron chi connectivity index (χ0n) is 21.6. The molecular weight excluding hydrogens is 446 g/mol. The predicted molar refractivity (Wildman–Crippen MR) is 148 cm³/mol. The number of rotatable bonds is 6. The number of dihydropyridines is 1. The summed E-state index contributed by atoms with van der Waals surface area (Å²) >= 11 is 0. The first-order valence-corrected chi connectivity index (χ1v) is 13.0. The van der Waals surface area contributed by atoms with Crippen molar-refractivity contribution in [3.8, 4) is 11.1 Å². The molecular formula is C30H37N5O. The van der Waals surface area contributed by atoms with Gasteiger partial charge in [-0.15, -0.1) is 0 Å². The third kappa shape index (κ3) is 5.54. The first-order chi connectivity index (χ1) is 17.5. The normalized spacial score (nSPS) is 23.4. The Balaban J connectivity index is 1.36. The number of carbonyl (C=O) groups excluding carboxylic acids is 1. The summed E-state index contributed by atoms with van der Waals surface area (Å²) in [7, 11) is 4.19. The van der Waals surface area contributed by atoms with Crippen LogP contribution in [0, 0.1) is 0 Å². The molecule has 6 heteroatoms. The SMILES string of the molecule is CC(=O)N[C@H]1CC[C@@H](N2C=C3C=CC=NC3N(c3cccc(-c4ccc(CN(C)C)cc4)c3)C2)CC1. The Bertz CT molecular complexity index is 1160. The molecule has 1 amide bonds. The number of amides is 1. The third-order valence-corrected chi connectivity index (χ3v) is 7.36. The van der Waals surface area contributed by atoms with E-state index in [-0.39, 0.29) is 12.1 Å². The molecule has 1 unspecified atom stereocenters. The van der Waals surface area contributed by atoms with Gasteiger partial charge in [-0.25, -0.2) is 0 Å². The van der Waals surface area contributed by atoms with Crippen molar-refractivity contribution in [2.45, 2.75) is 57.4 Å². The number of fused-ring (bicyclic) bond motifs is 1. The lowest BCUT2D eigenvalue weighted by Crippen LogP contribution is -2.51. The predicted octanol–water partition coefficient (Wildman–Crippen LogP) is 4.79. The molecule has 2 aromatic carbocycles. The van der Waals surface area contributed by atoms with Gasteiger partial charge in [-0.05, 0) is 74.7 Å². The molecule has 2 heterocycles. The maximum absolute atomic E-state index is 11.5. The summed E-state index contributed by atoms with van der Waals surface area (Å²) in [6.45, 7) is 3.36. The maximum atomic E-state index is 11.5. The van der Waals surface area contributed by atoms with Crippen LogP contribution in [0.1, 0.15) is 38.2 Å². The van der Waals surface area contributed by atoms with Crippen molar-refractivity contribution in [3.05, 3.63) is 78.0 Å². The highest BCUT2D eigenvalue weighted by Crippen LogP contribution is 2.34. The lowest BCUT2D eigenvalue weighted by molar-refractivity contribution is -0.119. The Labute approximate surface area is 215 Å². The molecule has 2 aromatic rings. The zero-order valence-corrected chi connectivity index (χ0v) is 21.6. The fraction of sp³-hybridized carbons (Fsp3) is 0.400. The van der Waals surface area contributed by atoms with E-state index in [1.165, 1.54) is 28.0 Å². The number of benzene rings is 2. The van der Waals surface area contributed by atoms with Crippen LogP contribution in [0.25, 0.3) is 11.1 Å². The van der Waals surface area contributed by atoms with Gasteiger partial charge in [0.1, 0.15) is 6.17 Å². The fourth-order valence-electron chi connectivity index (χ4n) is 5.63. The standard InChI is InChI=1S/C30H37N5O/c1-22(36)32-27-13-15-28(16-14-27)34-20-26-7-5-17-31-30(26)35(21-34)29-8-4-6-25(18-29)24-11-9-23(10-12-24)19-33(2)3/h4-12,17-18,20,27-28,30H,13-16,19,21H2,1-3H3,(H,32,36)/t27-,28+,30?. The number of allylic oxidation sites excluding steroid dienone is 1. The summed E-state index contributed by atoms with van der Waals surface area (Å²) in [6.07, 6.45) is 12.7. The van der Waals surface area contributed by atoms with Crippen molar-refractivity contribution in [2.75, 3.05) is 25.7 Å². The van der Waals surface area contributed by atoms with Crippen LogP contribution in [0.2, 0.25) is 0 Å². The maximum Gasteiger partial charge on any atom is 0.217 e. The Hall–Kier alpha value is -3.38. The molecule has 1 fully saturated rings. The highest BCUT2D eigenvalue weighted by atomic mass is 16.1. The van der Waals surface area contributed by atoms with Gasteiger partial charge in [0.15, 0.2) is 0 Å². The number of aliphatic imine (C=N–C) groups is 1. The van der Waals surface area contributed by atoms with Crippen LogP contribution in [0.15, 0.2) is 77.4 Å². The van der Waals surface area contributed by atoms with Gasteiger partial charge in [0, 0.05) is 49.2 Å². The van der Waals surface area contributed by atoms with Gasteiger partial charge in [0.25, 0.3) is 0 Å². The van der Waals surface area contributed by atoms with E-state index in [0.29, 0.717) is 12.1 Å². The molecule has 0 bridgehead atoms. The molecule has 36 heavy (non-hydrogen) atoms. The van der Waals surface area contributed by atoms with Crippen molar-refractivity contribution in [1.82, 2.24) is 15.1 Å². The van der Waals surface area contributed by atoms with Crippen LogP contribution < -0.4 is 10.2 Å². The molecule has 6 nitrogen and oxygen atoms in total. The summed E-state index contributed by atoms with van der Waals surface area (Å²) in [5.74, 6) is 0.0741. The second-order valence-electron chi connectivity index (χ2n) is 10.5. The summed E-state index contributed by atoms with van der Waals surface area (Å²) in [5, 5.41) is 3.10. The molecule has 5 rings (SSSR count). The number of hydrogen-bond acceptors (Lipinski definition) is 5. The Kier molecular flexibility index (Phi) is 7.23. The number of carbonyl (C=O) groups is 1. The number of nitrogens with zero attached hydrogens (tertiary/aromatic N) is 4. The minimum Gasteiger partial charge on any atom is -0.357 e. The molecule has 1 N–H and O–H groups in total. The van der Waals surface area contributed by atoms with Crippen LogP contribution in [0.3, 0.4) is 0 Å². The van der Waals surface area contributed by atoms with Gasteiger partial charge >= 0.3 is 0 Å². The van der Waals surface area contributed by atoms with Crippen molar-refractivity contribution >= 4 is 17.8 Å². The van der Waals surface area contributed by atoms with Gasteiger partial charge in [0.05, 0.1) is 6.67 Å². The minimum atomic E-state index is -0.000291. The average molecular weight is 484 g/mol. The van der Waals surface area contributed by atoms with Gasteiger partial charge < -0.3 is 20.0 Å². The molecule has 1 atom stereocenters. The fourth-order valence-corrected chi connectivity index (χ4v) is 5.63. The van der Waals surface area contributed by atoms with E-state index < -0.39 is 0 Å². The monoisotopic (exact) mass is 483 g/mol. The highest BCUT2D eigenvalue weighted by molar-refractivity contribution is 5.76. The molecule has 2 aliphatic heterocycles. The first kappa shape index (κ1) is 24.3. The lowest BCUT2D eigenvalue weighted by Gasteiger charge is -2.46. The topological polar surface area (TPSA) is 51.2 Å². The zero-order chi connectivity index (χ0) is 25.1. The smallest absolute Gasteiger partial charge is 0.217 e. The van der Waals surface area contributed by atoms with Crippen molar-refractivity contribution < 1.29 is 4.79 Å². The van der Waals surface area contributed by atoms with Crippen LogP contribution >= 0.6 is 0 Å². The molecule has 188 valence electrons. The Morgan fingerprint density at radius 1 is 1.06 bits per heavy atom. The average Bonchev–Trinajstić information content (AvgIpc) is 2.88. The van der Waals surface area contributed by atoms with E-state index in [1.807, 2.05) is 12.3 Å². The third-order valence-electron chi connectivity index (χ3n) is 7.36. The van der Waals surface area contributed by atoms with Crippen LogP contribution in [0.4, 0.5) is 5.69 Å². The molecule has 0 aromatic heterocycles. The molecule has 0 radical (unpaired) electrons. The van der Waals surface area contributed by atoms with Crippen molar-refractivity contribution in [2.24, 2.45) is 4.99 Å². The van der Waals surface area contributed by atoms with E-state index in [4.69, 9.17) is 4.99 Å². The van der Waals surface area contributed by atoms with Gasteiger partial charge in [-0.3, -0.25) is 9.79 Å². The second kappa shape index (κ2) is 10.7. The largest absolute Gasteiger partial charge is 0.357 e. The van der Waals surface area contributed by atoms with Crippen LogP contribution in [-0.2, 0) is 11.3 Å². The second-order valence-corrected chi connectivity index (χ2v) is 10.5. The van der Waals surface area contributed by atoms with Crippen LogP contribution in [-0.4, -0.2) is 60.9 Å². The Morgan fingerprint density at radius 2 is 1.83 bits per heavy atom. The molecule has 3 aliphatic rings. The van der Waals surface area contributed by atoms with Crippen molar-refractivity contribution in [1.29, 1.82) is 0 Å². The van der Waals surface area contributed by atoms with Crippen molar-refractivity contribution in [3.63, 3.8) is 0 Å². The van der Waals surface area contributed by atoms with Gasteiger partial charge in [0.2, 0.25) is 5.91 Å². The van der Waals surface area contributed by atoms with E-state index >= 15 is 0 Å². The summed E-state index contributed by atoms with van der Waals surface area (Å²) < 4.78 is 0.